The fourth-order valence-corrected chi connectivity index (χ4v) is 2.46. The quantitative estimate of drug-likeness (QED) is 0.117. The van der Waals surface area contributed by atoms with Crippen molar-refractivity contribution in [3.05, 3.63) is 66.2 Å². The third-order valence-electron chi connectivity index (χ3n) is 3.81. The standard InChI is InChI=1S/C12H14N2O2.C7H10O2.C5H7N2.HI/c1-3-9-11(12(15)16-4-2)10-7-5-6-8-14(10)13-9;1-3-5-6-7(8)9-4-2;6-7-4-2-1-3-5-7;/h5-8H,3-4H2,1-2H3;3-4H2,1-2H3;1-5H,6H2;1H/q;;+1;/p-1. The van der Waals surface area contributed by atoms with Crippen molar-refractivity contribution in [1.82, 2.24) is 9.61 Å². The van der Waals surface area contributed by atoms with Crippen molar-refractivity contribution in [2.45, 2.75) is 40.5 Å². The predicted molar refractivity (Wildman–Crippen MR) is 122 cm³/mol. The Kier molecular flexibility index (Phi) is 15.8. The highest BCUT2D eigenvalue weighted by Crippen LogP contribution is 2.17. The molecule has 0 amide bonds. The number of halogens is 1. The van der Waals surface area contributed by atoms with E-state index >= 15 is 0 Å². The van der Waals surface area contributed by atoms with Gasteiger partial charge in [0.1, 0.15) is 5.56 Å². The molecule has 33 heavy (non-hydrogen) atoms. The lowest BCUT2D eigenvalue weighted by atomic mass is 10.1. The van der Waals surface area contributed by atoms with Crippen molar-refractivity contribution >= 4 is 17.5 Å². The van der Waals surface area contributed by atoms with Gasteiger partial charge in [0.15, 0.2) is 12.4 Å². The third kappa shape index (κ3) is 10.8. The van der Waals surface area contributed by atoms with Crippen LogP contribution in [-0.4, -0.2) is 34.8 Å². The van der Waals surface area contributed by atoms with Crippen LogP contribution in [0.2, 0.25) is 0 Å². The molecule has 9 heteroatoms. The first kappa shape index (κ1) is 29.9. The van der Waals surface area contributed by atoms with E-state index in [1.165, 1.54) is 4.68 Å². The topological polar surface area (TPSA) is 99.8 Å². The molecule has 0 saturated heterocycles. The van der Waals surface area contributed by atoms with Crippen LogP contribution in [0.25, 0.3) is 5.52 Å². The van der Waals surface area contributed by atoms with Crippen molar-refractivity contribution < 1.29 is 47.7 Å². The van der Waals surface area contributed by atoms with Crippen LogP contribution in [0, 0.1) is 11.8 Å². The number of rotatable bonds is 4. The number of ether oxygens (including phenoxy) is 2. The van der Waals surface area contributed by atoms with Gasteiger partial charge in [-0.2, -0.15) is 5.10 Å². The van der Waals surface area contributed by atoms with Gasteiger partial charge in [-0.3, -0.25) is 0 Å². The van der Waals surface area contributed by atoms with Gasteiger partial charge in [0, 0.05) is 30.7 Å². The van der Waals surface area contributed by atoms with Crippen LogP contribution < -0.4 is 34.5 Å². The minimum Gasteiger partial charge on any atom is -1.00 e. The monoisotopic (exact) mass is 566 g/mol. The summed E-state index contributed by atoms with van der Waals surface area (Å²) in [5, 5.41) is 4.35. The fraction of sp³-hybridized carbons (Fsp3) is 0.333. The number of aryl methyl sites for hydroxylation is 1. The summed E-state index contributed by atoms with van der Waals surface area (Å²) in [5.41, 5.74) is 2.17. The second-order valence-electron chi connectivity index (χ2n) is 6.12. The summed E-state index contributed by atoms with van der Waals surface area (Å²) in [6.45, 7) is 8.20. The van der Waals surface area contributed by atoms with Gasteiger partial charge in [-0.05, 0) is 32.4 Å². The smallest absolute Gasteiger partial charge is 0.384 e. The number of esters is 2. The van der Waals surface area contributed by atoms with Crippen molar-refractivity contribution in [2.24, 2.45) is 0 Å². The molecule has 3 heterocycles. The van der Waals surface area contributed by atoms with E-state index < -0.39 is 5.97 Å². The zero-order chi connectivity index (χ0) is 23.8. The summed E-state index contributed by atoms with van der Waals surface area (Å²) >= 11 is 0. The molecule has 0 atom stereocenters. The number of carbonyl (C=O) groups excluding carboxylic acids is 2. The molecule has 0 aromatic carbocycles. The molecule has 3 rings (SSSR count). The normalized spacial score (nSPS) is 8.97. The minimum absolute atomic E-state index is 0. The number of carbonyl (C=O) groups is 2. The van der Waals surface area contributed by atoms with E-state index in [1.807, 2.05) is 56.4 Å². The summed E-state index contributed by atoms with van der Waals surface area (Å²) in [6, 6.07) is 11.3. The van der Waals surface area contributed by atoms with E-state index in [4.69, 9.17) is 10.6 Å². The van der Waals surface area contributed by atoms with Crippen LogP contribution >= 0.6 is 0 Å². The average molecular weight is 566 g/mol. The van der Waals surface area contributed by atoms with E-state index in [0.717, 1.165) is 17.6 Å². The number of aromatic nitrogens is 3. The minimum atomic E-state index is -0.431. The van der Waals surface area contributed by atoms with Crippen LogP contribution in [0.5, 0.6) is 0 Å². The van der Waals surface area contributed by atoms with Gasteiger partial charge in [-0.1, -0.05) is 36.6 Å². The molecular formula is C24H31IN4O4. The summed E-state index contributed by atoms with van der Waals surface area (Å²) in [7, 11) is 0. The largest absolute Gasteiger partial charge is 1.00 e. The average Bonchev–Trinajstić information content (AvgIpc) is 3.18. The number of hydrogen-bond acceptors (Lipinski definition) is 6. The van der Waals surface area contributed by atoms with Crippen LogP contribution in [0.1, 0.15) is 50.2 Å². The van der Waals surface area contributed by atoms with Crippen LogP contribution in [0.3, 0.4) is 0 Å². The van der Waals surface area contributed by atoms with Gasteiger partial charge in [0.25, 0.3) is 0 Å². The fourth-order valence-electron chi connectivity index (χ4n) is 2.46. The van der Waals surface area contributed by atoms with Gasteiger partial charge >= 0.3 is 11.9 Å². The predicted octanol–water partition coefficient (Wildman–Crippen LogP) is -0.272. The van der Waals surface area contributed by atoms with Gasteiger partial charge in [-0.25, -0.2) is 19.9 Å². The Morgan fingerprint density at radius 1 is 1.03 bits per heavy atom. The number of nitrogen functional groups attached to an aromatic ring is 1. The van der Waals surface area contributed by atoms with Gasteiger partial charge in [0.05, 0.1) is 24.4 Å². The Bertz CT molecular complexity index is 1040. The highest BCUT2D eigenvalue weighted by Gasteiger charge is 2.18. The highest BCUT2D eigenvalue weighted by atomic mass is 127. The summed E-state index contributed by atoms with van der Waals surface area (Å²) in [4.78, 5) is 22.2. The Labute approximate surface area is 212 Å². The zero-order valence-corrected chi connectivity index (χ0v) is 21.6. The van der Waals surface area contributed by atoms with E-state index in [-0.39, 0.29) is 29.9 Å². The molecule has 0 bridgehead atoms. The second-order valence-corrected chi connectivity index (χ2v) is 6.12. The lowest BCUT2D eigenvalue weighted by Gasteiger charge is -2.01. The summed E-state index contributed by atoms with van der Waals surface area (Å²) in [6.07, 6.45) is 6.80. The molecule has 0 fully saturated rings. The molecule has 2 N–H and O–H groups in total. The van der Waals surface area contributed by atoms with Crippen LogP contribution in [-0.2, 0) is 20.7 Å². The van der Waals surface area contributed by atoms with Crippen LogP contribution in [0.4, 0.5) is 0 Å². The number of fused-ring (bicyclic) bond motifs is 1. The SMILES string of the molecule is CCC#CC(=O)OCC.CCOC(=O)c1c(CC)nn2ccccc12.N[n+]1ccccc1.[I-]. The Balaban J connectivity index is 0.000000513. The van der Waals surface area contributed by atoms with E-state index in [0.29, 0.717) is 25.2 Å². The molecule has 3 aromatic rings. The van der Waals surface area contributed by atoms with E-state index in [2.05, 4.69) is 21.7 Å². The molecule has 0 spiro atoms. The molecule has 0 saturated carbocycles. The Morgan fingerprint density at radius 2 is 1.70 bits per heavy atom. The number of pyridine rings is 2. The Morgan fingerprint density at radius 3 is 2.21 bits per heavy atom. The molecule has 0 aliphatic carbocycles. The maximum Gasteiger partial charge on any atom is 0.384 e. The van der Waals surface area contributed by atoms with Crippen molar-refractivity contribution in [2.75, 3.05) is 19.1 Å². The molecule has 8 nitrogen and oxygen atoms in total. The van der Waals surface area contributed by atoms with Crippen LogP contribution in [0.15, 0.2) is 55.0 Å². The van der Waals surface area contributed by atoms with E-state index in [1.54, 1.807) is 30.8 Å². The first-order chi connectivity index (χ1) is 15.5. The van der Waals surface area contributed by atoms with Crippen molar-refractivity contribution in [3.8, 4) is 11.8 Å². The molecule has 3 aromatic heterocycles. The lowest BCUT2D eigenvalue weighted by Crippen LogP contribution is -3.00. The number of nitrogens with two attached hydrogens (primary N) is 1. The highest BCUT2D eigenvalue weighted by molar-refractivity contribution is 5.98. The molecule has 0 aliphatic heterocycles. The molecular weight excluding hydrogens is 535 g/mol. The maximum atomic E-state index is 11.8. The number of hydrogen-bond donors (Lipinski definition) is 1. The Hall–Kier alpha value is -3.13. The first-order valence-electron chi connectivity index (χ1n) is 10.5. The van der Waals surface area contributed by atoms with Crippen molar-refractivity contribution in [1.29, 1.82) is 0 Å². The first-order valence-corrected chi connectivity index (χ1v) is 10.5. The molecule has 178 valence electrons. The number of nitrogens with zero attached hydrogens (tertiary/aromatic N) is 3. The van der Waals surface area contributed by atoms with Gasteiger partial charge < -0.3 is 33.5 Å². The molecule has 0 aliphatic rings. The van der Waals surface area contributed by atoms with Gasteiger partial charge in [0.2, 0.25) is 0 Å². The maximum absolute atomic E-state index is 11.8. The molecule has 0 unspecified atom stereocenters. The summed E-state index contributed by atoms with van der Waals surface area (Å²) < 4.78 is 12.8. The second kappa shape index (κ2) is 17.4. The summed E-state index contributed by atoms with van der Waals surface area (Å²) in [5.74, 6) is 9.48. The van der Waals surface area contributed by atoms with E-state index in [9.17, 15) is 9.59 Å². The molecule has 0 radical (unpaired) electrons. The third-order valence-corrected chi connectivity index (χ3v) is 3.81. The van der Waals surface area contributed by atoms with Gasteiger partial charge in [-0.15, -0.1) is 0 Å². The van der Waals surface area contributed by atoms with Crippen molar-refractivity contribution in [3.63, 3.8) is 0 Å². The zero-order valence-electron chi connectivity index (χ0n) is 19.5. The lowest BCUT2D eigenvalue weighted by molar-refractivity contribution is -0.638.